The maximum atomic E-state index is 2.46. The van der Waals surface area contributed by atoms with Gasteiger partial charge in [-0.15, -0.1) is 0 Å². The summed E-state index contributed by atoms with van der Waals surface area (Å²) >= 11 is 0. The molecular weight excluding hydrogens is 1700 g/mol. The first-order chi connectivity index (χ1) is 69.7. The molecule has 0 atom stereocenters. The Morgan fingerprint density at radius 2 is 0.319 bits per heavy atom. The van der Waals surface area contributed by atoms with Crippen LogP contribution in [0.5, 0.6) is 0 Å². The van der Waals surface area contributed by atoms with E-state index in [0.717, 1.165) is 73.8 Å². The lowest BCUT2D eigenvalue weighted by molar-refractivity contribution is 0.660. The molecule has 25 rings (SSSR count). The maximum Gasteiger partial charge on any atom is 0.0462 e. The number of benzene rings is 24. The SMILES string of the molecule is CC1(C)c2ccccc2-c2ccc(-c3c4ccccc4c(-c4ccc(N(c5ccccc5)c5ccc(-c6ccc(N(c7ccccc7)c7ccccc7)cc6)cc5)cc4)c4ccccc34)cc21.c1ccc(N(c2ccccc2)c2ccc(-c3ccc(N(c4ccccc4)c4ccc(-c5c6ccccc6c(-c6ccc(-c7ccc(-c8ccc9ccccc9c8)cc7)cc6)c6ccccc56)cc4)cc3)cc2)cc1. The Labute approximate surface area is 824 Å². The minimum Gasteiger partial charge on any atom is -0.311 e. The average molecular weight is 1800 g/mol. The first-order valence-electron chi connectivity index (χ1n) is 48.7. The first-order valence-corrected chi connectivity index (χ1v) is 48.7. The van der Waals surface area contributed by atoms with Gasteiger partial charge in [-0.3, -0.25) is 0 Å². The maximum absolute atomic E-state index is 2.46. The number of anilines is 12. The van der Waals surface area contributed by atoms with E-state index in [0.29, 0.717) is 0 Å². The van der Waals surface area contributed by atoms with E-state index in [1.165, 1.54) is 160 Å². The second-order valence-corrected chi connectivity index (χ2v) is 37.0. The molecule has 24 aromatic carbocycles. The Morgan fingerprint density at radius 3 is 0.610 bits per heavy atom. The third kappa shape index (κ3) is 16.5. The summed E-state index contributed by atoms with van der Waals surface area (Å²) in [4.78, 5) is 9.28. The Morgan fingerprint density at radius 1 is 0.128 bits per heavy atom. The van der Waals surface area contributed by atoms with E-state index in [1.54, 1.807) is 0 Å². The van der Waals surface area contributed by atoms with Gasteiger partial charge in [0.2, 0.25) is 0 Å². The quantitative estimate of drug-likeness (QED) is 0.0705. The lowest BCUT2D eigenvalue weighted by Gasteiger charge is -2.26. The number of fused-ring (bicyclic) bond motifs is 8. The van der Waals surface area contributed by atoms with E-state index in [9.17, 15) is 0 Å². The molecule has 0 bridgehead atoms. The third-order valence-corrected chi connectivity index (χ3v) is 28.3. The summed E-state index contributed by atoms with van der Waals surface area (Å²) in [6.07, 6.45) is 0. The van der Waals surface area contributed by atoms with Gasteiger partial charge < -0.3 is 19.6 Å². The van der Waals surface area contributed by atoms with Gasteiger partial charge in [-0.05, 0) is 323 Å². The van der Waals surface area contributed by atoms with E-state index in [2.05, 4.69) is 592 Å². The molecule has 0 saturated carbocycles. The van der Waals surface area contributed by atoms with Crippen LogP contribution in [0.3, 0.4) is 0 Å². The van der Waals surface area contributed by atoms with Crippen molar-refractivity contribution in [3.8, 4) is 100 Å². The smallest absolute Gasteiger partial charge is 0.0462 e. The fourth-order valence-electron chi connectivity index (χ4n) is 21.4. The summed E-state index contributed by atoms with van der Waals surface area (Å²) in [5.41, 5.74) is 38.1. The van der Waals surface area contributed by atoms with Gasteiger partial charge in [0, 0.05) is 73.7 Å². The number of nitrogens with zero attached hydrogens (tertiary/aromatic N) is 4. The van der Waals surface area contributed by atoms with Gasteiger partial charge in [0.1, 0.15) is 0 Å². The summed E-state index contributed by atoms with van der Waals surface area (Å²) in [6, 6.07) is 203. The van der Waals surface area contributed by atoms with Crippen LogP contribution < -0.4 is 19.6 Å². The fourth-order valence-corrected chi connectivity index (χ4v) is 21.4. The van der Waals surface area contributed by atoms with Crippen molar-refractivity contribution in [3.63, 3.8) is 0 Å². The van der Waals surface area contributed by atoms with Crippen molar-refractivity contribution >= 4 is 122 Å². The molecule has 1 aliphatic carbocycles. The molecule has 0 aromatic heterocycles. The highest BCUT2D eigenvalue weighted by molar-refractivity contribution is 6.23. The molecule has 0 heterocycles. The standard InChI is InChI=1S/C72H50N2.C65H48N2/c1-4-18-61(19-5-1)73(62-20-6-2-7-21-62)64-44-38-54(39-45-64)55-40-46-65(47-41-55)74(63-22-8-3-9-23-63)66-48-42-58(43-49-66)72-69-26-14-12-24-67(69)71(68-25-13-15-27-70(68)72)57-35-32-53(33-36-57)52-28-30-56(31-29-52)60-37-34-51-16-10-11-17-59(51)50-60;1-65(2)61-29-17-16-24-55(61)56-43-36-48(44-62(56)65)64-59-27-14-12-25-57(59)63(58-26-13-15-28-60(58)64)47-34-41-54(42-35-47)67(51-22-10-5-11-23-51)53-39-32-46(33-40-53)45-30-37-52(38-31-45)66(49-18-6-3-7-19-49)50-20-8-4-9-21-50/h1-50H;3-44H,1-2H3. The highest BCUT2D eigenvalue weighted by Gasteiger charge is 2.36. The number of hydrogen-bond donors (Lipinski definition) is 0. The molecule has 141 heavy (non-hydrogen) atoms. The summed E-state index contributed by atoms with van der Waals surface area (Å²) in [5, 5.41) is 12.5. The lowest BCUT2D eigenvalue weighted by Crippen LogP contribution is -2.14. The topological polar surface area (TPSA) is 13.0 Å². The molecule has 0 unspecified atom stereocenters. The lowest BCUT2D eigenvalue weighted by atomic mass is 9.80. The molecule has 0 fully saturated rings. The van der Waals surface area contributed by atoms with Crippen LogP contribution in [0, 0.1) is 0 Å². The van der Waals surface area contributed by atoms with Crippen molar-refractivity contribution in [1.29, 1.82) is 0 Å². The van der Waals surface area contributed by atoms with Crippen molar-refractivity contribution in [2.24, 2.45) is 0 Å². The van der Waals surface area contributed by atoms with Crippen molar-refractivity contribution in [1.82, 2.24) is 0 Å². The largest absolute Gasteiger partial charge is 0.311 e. The third-order valence-electron chi connectivity index (χ3n) is 28.3. The van der Waals surface area contributed by atoms with Crippen LogP contribution in [0.15, 0.2) is 558 Å². The molecule has 0 saturated heterocycles. The Balaban J connectivity index is 0.000000153. The van der Waals surface area contributed by atoms with Crippen LogP contribution in [0.2, 0.25) is 0 Å². The van der Waals surface area contributed by atoms with Crippen LogP contribution in [-0.2, 0) is 5.41 Å². The highest BCUT2D eigenvalue weighted by atomic mass is 15.2. The number of rotatable bonds is 20. The van der Waals surface area contributed by atoms with E-state index >= 15 is 0 Å². The Hall–Kier alpha value is -18.2. The molecule has 4 heteroatoms. The van der Waals surface area contributed by atoms with Gasteiger partial charge in [-0.25, -0.2) is 0 Å². The summed E-state index contributed by atoms with van der Waals surface area (Å²) in [7, 11) is 0. The molecule has 24 aromatic rings. The minimum absolute atomic E-state index is 0.0773. The zero-order valence-electron chi connectivity index (χ0n) is 78.4. The van der Waals surface area contributed by atoms with Gasteiger partial charge >= 0.3 is 0 Å². The second kappa shape index (κ2) is 37.5. The Bertz CT molecular complexity index is 8450. The molecule has 0 radical (unpaired) electrons. The van der Waals surface area contributed by atoms with Crippen LogP contribution >= 0.6 is 0 Å². The zero-order chi connectivity index (χ0) is 94.1. The minimum atomic E-state index is -0.0773. The van der Waals surface area contributed by atoms with Crippen molar-refractivity contribution in [2.75, 3.05) is 19.6 Å². The summed E-state index contributed by atoms with van der Waals surface area (Å²) in [5.74, 6) is 0. The molecule has 0 aliphatic heterocycles. The summed E-state index contributed by atoms with van der Waals surface area (Å²) in [6.45, 7) is 4.73. The zero-order valence-corrected chi connectivity index (χ0v) is 78.4. The van der Waals surface area contributed by atoms with Crippen LogP contribution in [0.4, 0.5) is 68.2 Å². The van der Waals surface area contributed by atoms with E-state index in [1.807, 2.05) is 0 Å². The van der Waals surface area contributed by atoms with Gasteiger partial charge in [0.15, 0.2) is 0 Å². The van der Waals surface area contributed by atoms with Crippen LogP contribution in [0.25, 0.3) is 154 Å². The predicted molar refractivity (Wildman–Crippen MR) is 600 cm³/mol. The first kappa shape index (κ1) is 85.7. The van der Waals surface area contributed by atoms with Crippen molar-refractivity contribution in [3.05, 3.63) is 569 Å². The van der Waals surface area contributed by atoms with Crippen molar-refractivity contribution < 1.29 is 0 Å². The van der Waals surface area contributed by atoms with Gasteiger partial charge in [0.05, 0.1) is 0 Å². The fraction of sp³-hybridized carbons (Fsp3) is 0.0219. The number of hydrogen-bond acceptors (Lipinski definition) is 4. The van der Waals surface area contributed by atoms with Gasteiger partial charge in [0.25, 0.3) is 0 Å². The van der Waals surface area contributed by atoms with Gasteiger partial charge in [-0.2, -0.15) is 0 Å². The molecule has 0 N–H and O–H groups in total. The average Bonchev–Trinajstić information content (AvgIpc) is 1.71. The molecule has 4 nitrogen and oxygen atoms in total. The van der Waals surface area contributed by atoms with Crippen molar-refractivity contribution in [2.45, 2.75) is 19.3 Å². The van der Waals surface area contributed by atoms with Crippen LogP contribution in [-0.4, -0.2) is 0 Å². The monoisotopic (exact) mass is 1800 g/mol. The predicted octanol–water partition coefficient (Wildman–Crippen LogP) is 38.7. The van der Waals surface area contributed by atoms with Gasteiger partial charge in [-0.1, -0.05) is 414 Å². The number of para-hydroxylation sites is 6. The Kier molecular flexibility index (Phi) is 22.8. The van der Waals surface area contributed by atoms with E-state index in [-0.39, 0.29) is 5.41 Å². The molecular formula is C137H98N4. The second-order valence-electron chi connectivity index (χ2n) is 37.0. The molecule has 0 spiro atoms. The molecule has 0 amide bonds. The van der Waals surface area contributed by atoms with E-state index in [4.69, 9.17) is 0 Å². The normalized spacial score (nSPS) is 11.8. The molecule has 1 aliphatic rings. The molecule has 666 valence electrons. The van der Waals surface area contributed by atoms with E-state index < -0.39 is 0 Å². The summed E-state index contributed by atoms with van der Waals surface area (Å²) < 4.78 is 0. The highest BCUT2D eigenvalue weighted by Crippen LogP contribution is 2.54. The van der Waals surface area contributed by atoms with Crippen LogP contribution in [0.1, 0.15) is 25.0 Å².